The molecule has 1 N–H and O–H groups in total. The Labute approximate surface area is 100 Å². The largest absolute Gasteiger partial charge is 0.534 e. The number of nitrogens with zero attached hydrogens (tertiary/aromatic N) is 1. The summed E-state index contributed by atoms with van der Waals surface area (Å²) in [5, 5.41) is 3.43. The van der Waals surface area contributed by atoms with E-state index in [1.165, 1.54) is 6.07 Å². The Balaban J connectivity index is 2.35. The van der Waals surface area contributed by atoms with Crippen molar-refractivity contribution in [1.29, 1.82) is 0 Å². The Bertz CT molecular complexity index is 595. The van der Waals surface area contributed by atoms with Crippen LogP contribution in [0.3, 0.4) is 0 Å². The van der Waals surface area contributed by atoms with Gasteiger partial charge in [0.25, 0.3) is 5.90 Å². The first-order valence-electron chi connectivity index (χ1n) is 4.71. The van der Waals surface area contributed by atoms with E-state index in [2.05, 4.69) is 14.7 Å². The lowest BCUT2D eigenvalue weighted by molar-refractivity contribution is -0.0504. The molecule has 1 aliphatic rings. The summed E-state index contributed by atoms with van der Waals surface area (Å²) < 4.78 is 62.3. The fourth-order valence-corrected chi connectivity index (χ4v) is 1.78. The molecule has 5 nitrogen and oxygen atoms in total. The van der Waals surface area contributed by atoms with Crippen LogP contribution in [0.2, 0.25) is 0 Å². The molecule has 1 heterocycles. The highest BCUT2D eigenvalue weighted by molar-refractivity contribution is 7.88. The highest BCUT2D eigenvalue weighted by Gasteiger charge is 2.49. The Kier molecular flexibility index (Phi) is 2.93. The molecule has 0 unspecified atom stereocenters. The molecular weight excluding hydrogens is 273 g/mol. The van der Waals surface area contributed by atoms with Gasteiger partial charge in [0.2, 0.25) is 0 Å². The van der Waals surface area contributed by atoms with Crippen molar-refractivity contribution in [3.8, 4) is 0 Å². The molecule has 1 aromatic carbocycles. The predicted octanol–water partition coefficient (Wildman–Crippen LogP) is 1.32. The SMILES string of the molecule is O=S(=O)(OC1=NNCc2ccccc21)C(F)(F)F. The van der Waals surface area contributed by atoms with E-state index in [9.17, 15) is 21.6 Å². The van der Waals surface area contributed by atoms with Crippen LogP contribution in [0.25, 0.3) is 0 Å². The highest BCUT2D eigenvalue weighted by atomic mass is 32.2. The minimum Gasteiger partial charge on any atom is -0.353 e. The van der Waals surface area contributed by atoms with Crippen molar-refractivity contribution in [1.82, 2.24) is 5.43 Å². The maximum atomic E-state index is 12.2. The van der Waals surface area contributed by atoms with Gasteiger partial charge in [-0.25, -0.2) is 0 Å². The van der Waals surface area contributed by atoms with Crippen LogP contribution in [0.1, 0.15) is 11.1 Å². The van der Waals surface area contributed by atoms with Crippen molar-refractivity contribution in [3.63, 3.8) is 0 Å². The third-order valence-electron chi connectivity index (χ3n) is 2.17. The number of nitrogens with one attached hydrogen (secondary N) is 1. The third-order valence-corrected chi connectivity index (χ3v) is 3.11. The van der Waals surface area contributed by atoms with Crippen molar-refractivity contribution < 1.29 is 25.8 Å². The van der Waals surface area contributed by atoms with E-state index in [-0.39, 0.29) is 12.1 Å². The fraction of sp³-hybridized carbons (Fsp3) is 0.222. The molecule has 0 bridgehead atoms. The average molecular weight is 280 g/mol. The van der Waals surface area contributed by atoms with E-state index in [0.29, 0.717) is 5.56 Å². The second-order valence-electron chi connectivity index (χ2n) is 3.39. The zero-order chi connectivity index (χ0) is 13.4. The Morgan fingerprint density at radius 3 is 2.61 bits per heavy atom. The molecule has 0 radical (unpaired) electrons. The first kappa shape index (κ1) is 12.7. The van der Waals surface area contributed by atoms with Crippen molar-refractivity contribution in [2.45, 2.75) is 12.1 Å². The number of fused-ring (bicyclic) bond motifs is 1. The maximum absolute atomic E-state index is 12.2. The van der Waals surface area contributed by atoms with Gasteiger partial charge in [-0.1, -0.05) is 18.2 Å². The minimum atomic E-state index is -5.71. The average Bonchev–Trinajstić information content (AvgIpc) is 2.27. The summed E-state index contributed by atoms with van der Waals surface area (Å²) >= 11 is 0. The van der Waals surface area contributed by atoms with Crippen LogP contribution in [0.15, 0.2) is 29.4 Å². The molecule has 98 valence electrons. The van der Waals surface area contributed by atoms with Crippen LogP contribution in [0.5, 0.6) is 0 Å². The molecule has 0 amide bonds. The van der Waals surface area contributed by atoms with Gasteiger partial charge in [0.15, 0.2) is 0 Å². The maximum Gasteiger partial charge on any atom is 0.534 e. The molecule has 0 atom stereocenters. The number of rotatable bonds is 1. The van der Waals surface area contributed by atoms with Crippen LogP contribution < -0.4 is 5.43 Å². The van der Waals surface area contributed by atoms with Crippen molar-refractivity contribution in [3.05, 3.63) is 35.4 Å². The lowest BCUT2D eigenvalue weighted by Crippen LogP contribution is -2.31. The summed E-state index contributed by atoms with van der Waals surface area (Å²) in [6.45, 7) is 0.287. The predicted molar refractivity (Wildman–Crippen MR) is 55.9 cm³/mol. The molecule has 9 heteroatoms. The van der Waals surface area contributed by atoms with Gasteiger partial charge >= 0.3 is 15.6 Å². The van der Waals surface area contributed by atoms with Crippen molar-refractivity contribution >= 4 is 16.0 Å². The summed E-state index contributed by atoms with van der Waals surface area (Å²) in [6, 6.07) is 6.27. The smallest absolute Gasteiger partial charge is 0.353 e. The molecule has 2 rings (SSSR count). The quantitative estimate of drug-likeness (QED) is 0.622. The topological polar surface area (TPSA) is 67.8 Å². The van der Waals surface area contributed by atoms with Gasteiger partial charge in [-0.05, 0) is 11.6 Å². The lowest BCUT2D eigenvalue weighted by Gasteiger charge is -2.17. The standard InChI is InChI=1S/C9H7F3N2O3S/c10-9(11,12)18(15,16)17-8-7-4-2-1-3-6(7)5-13-14-8/h1-4,13H,5H2. The summed E-state index contributed by atoms with van der Waals surface area (Å²) in [4.78, 5) is 0. The molecule has 0 aromatic heterocycles. The number of benzene rings is 1. The summed E-state index contributed by atoms with van der Waals surface area (Å²) in [5.74, 6) is -0.617. The zero-order valence-corrected chi connectivity index (χ0v) is 9.55. The second kappa shape index (κ2) is 4.16. The van der Waals surface area contributed by atoms with E-state index in [1.54, 1.807) is 18.2 Å². The highest BCUT2D eigenvalue weighted by Crippen LogP contribution is 2.26. The van der Waals surface area contributed by atoms with Crippen LogP contribution in [0, 0.1) is 0 Å². The van der Waals surface area contributed by atoms with Crippen molar-refractivity contribution in [2.75, 3.05) is 0 Å². The van der Waals surface area contributed by atoms with Crippen LogP contribution in [0.4, 0.5) is 13.2 Å². The summed E-state index contributed by atoms with van der Waals surface area (Å²) in [6.07, 6.45) is 0. The number of halogens is 3. The molecule has 1 aromatic rings. The normalized spacial score (nSPS) is 15.4. The van der Waals surface area contributed by atoms with Gasteiger partial charge in [-0.2, -0.15) is 21.6 Å². The molecule has 0 saturated heterocycles. The second-order valence-corrected chi connectivity index (χ2v) is 4.93. The molecule has 18 heavy (non-hydrogen) atoms. The van der Waals surface area contributed by atoms with Gasteiger partial charge in [0.05, 0.1) is 6.54 Å². The first-order valence-corrected chi connectivity index (χ1v) is 6.12. The van der Waals surface area contributed by atoms with E-state index in [0.717, 1.165) is 0 Å². The van der Waals surface area contributed by atoms with E-state index in [1.807, 2.05) is 0 Å². The summed E-state index contributed by atoms with van der Waals surface area (Å²) in [7, 11) is -5.71. The molecule has 0 saturated carbocycles. The first-order chi connectivity index (χ1) is 8.31. The Morgan fingerprint density at radius 2 is 1.94 bits per heavy atom. The van der Waals surface area contributed by atoms with E-state index in [4.69, 9.17) is 0 Å². The van der Waals surface area contributed by atoms with Gasteiger partial charge in [0, 0.05) is 5.56 Å². The third kappa shape index (κ3) is 2.26. The summed E-state index contributed by atoms with van der Waals surface area (Å²) in [5.41, 5.74) is -2.28. The molecule has 0 fully saturated rings. The van der Waals surface area contributed by atoms with Gasteiger partial charge < -0.3 is 9.61 Å². The zero-order valence-electron chi connectivity index (χ0n) is 8.73. The number of hydrogen-bond acceptors (Lipinski definition) is 5. The van der Waals surface area contributed by atoms with Crippen LogP contribution in [-0.2, 0) is 20.8 Å². The molecule has 0 spiro atoms. The number of alkyl halides is 3. The van der Waals surface area contributed by atoms with Crippen LogP contribution in [-0.4, -0.2) is 19.8 Å². The van der Waals surface area contributed by atoms with E-state index < -0.39 is 21.5 Å². The Morgan fingerprint density at radius 1 is 1.28 bits per heavy atom. The molecule has 1 aliphatic heterocycles. The lowest BCUT2D eigenvalue weighted by atomic mass is 10.1. The van der Waals surface area contributed by atoms with Gasteiger partial charge in [-0.15, -0.1) is 5.10 Å². The van der Waals surface area contributed by atoms with Crippen molar-refractivity contribution in [2.24, 2.45) is 5.10 Å². The van der Waals surface area contributed by atoms with Gasteiger partial charge in [0.1, 0.15) is 0 Å². The molecular formula is C9H7F3N2O3S. The number of hydrogen-bond donors (Lipinski definition) is 1. The monoisotopic (exact) mass is 280 g/mol. The molecule has 0 aliphatic carbocycles. The fourth-order valence-electron chi connectivity index (χ4n) is 1.35. The number of hydrazone groups is 1. The minimum absolute atomic E-state index is 0.212. The van der Waals surface area contributed by atoms with E-state index >= 15 is 0 Å². The Hall–Kier alpha value is -1.77. The van der Waals surface area contributed by atoms with Crippen LogP contribution >= 0.6 is 0 Å². The van der Waals surface area contributed by atoms with Gasteiger partial charge in [-0.3, -0.25) is 0 Å².